The quantitative estimate of drug-likeness (QED) is 0.390. The SMILES string of the molecule is Cc1ccc(OC(=O)C2C=C2)cc1. The van der Waals surface area contributed by atoms with Crippen molar-refractivity contribution < 1.29 is 9.53 Å². The van der Waals surface area contributed by atoms with Crippen LogP contribution >= 0.6 is 0 Å². The number of ether oxygens (including phenoxy) is 1. The lowest BCUT2D eigenvalue weighted by molar-refractivity contribution is -0.135. The summed E-state index contributed by atoms with van der Waals surface area (Å²) in [6, 6.07) is 7.44. The zero-order valence-electron chi connectivity index (χ0n) is 7.36. The maximum atomic E-state index is 11.2. The van der Waals surface area contributed by atoms with E-state index < -0.39 is 0 Å². The van der Waals surface area contributed by atoms with Gasteiger partial charge in [-0.15, -0.1) is 0 Å². The summed E-state index contributed by atoms with van der Waals surface area (Å²) in [5.41, 5.74) is 1.16. The fraction of sp³-hybridized carbons (Fsp3) is 0.182. The van der Waals surface area contributed by atoms with E-state index in [1.807, 2.05) is 31.2 Å². The topological polar surface area (TPSA) is 26.3 Å². The van der Waals surface area contributed by atoms with E-state index in [2.05, 4.69) is 0 Å². The molecule has 0 unspecified atom stereocenters. The number of hydrogen-bond donors (Lipinski definition) is 0. The first-order chi connectivity index (χ1) is 6.25. The summed E-state index contributed by atoms with van der Waals surface area (Å²) in [4.78, 5) is 11.2. The van der Waals surface area contributed by atoms with Gasteiger partial charge in [0.25, 0.3) is 0 Å². The van der Waals surface area contributed by atoms with E-state index in [9.17, 15) is 4.79 Å². The smallest absolute Gasteiger partial charge is 0.322 e. The third-order valence-electron chi connectivity index (χ3n) is 1.90. The van der Waals surface area contributed by atoms with Crippen molar-refractivity contribution in [3.63, 3.8) is 0 Å². The van der Waals surface area contributed by atoms with Gasteiger partial charge in [-0.05, 0) is 19.1 Å². The third-order valence-corrected chi connectivity index (χ3v) is 1.90. The number of hydrogen-bond acceptors (Lipinski definition) is 2. The molecule has 0 spiro atoms. The van der Waals surface area contributed by atoms with Gasteiger partial charge in [-0.1, -0.05) is 29.8 Å². The summed E-state index contributed by atoms with van der Waals surface area (Å²) in [7, 11) is 0. The first kappa shape index (κ1) is 8.05. The maximum absolute atomic E-state index is 11.2. The molecule has 2 nitrogen and oxygen atoms in total. The van der Waals surface area contributed by atoms with E-state index in [0.29, 0.717) is 5.75 Å². The first-order valence-electron chi connectivity index (χ1n) is 4.22. The average molecular weight is 174 g/mol. The van der Waals surface area contributed by atoms with Gasteiger partial charge in [-0.2, -0.15) is 0 Å². The molecule has 0 saturated carbocycles. The minimum Gasteiger partial charge on any atom is -0.426 e. The molecule has 0 aliphatic heterocycles. The van der Waals surface area contributed by atoms with Crippen molar-refractivity contribution in [3.05, 3.63) is 42.0 Å². The van der Waals surface area contributed by atoms with Gasteiger partial charge in [0.15, 0.2) is 0 Å². The van der Waals surface area contributed by atoms with Crippen LogP contribution < -0.4 is 4.74 Å². The number of esters is 1. The van der Waals surface area contributed by atoms with E-state index in [1.165, 1.54) is 0 Å². The van der Waals surface area contributed by atoms with Gasteiger partial charge in [0.2, 0.25) is 0 Å². The summed E-state index contributed by atoms with van der Waals surface area (Å²) >= 11 is 0. The Morgan fingerprint density at radius 1 is 1.23 bits per heavy atom. The van der Waals surface area contributed by atoms with Crippen molar-refractivity contribution in [2.45, 2.75) is 6.92 Å². The predicted octanol–water partition coefficient (Wildman–Crippen LogP) is 2.09. The molecule has 0 aromatic heterocycles. The van der Waals surface area contributed by atoms with E-state index in [0.717, 1.165) is 5.56 Å². The number of benzene rings is 1. The molecule has 0 heterocycles. The van der Waals surface area contributed by atoms with E-state index in [-0.39, 0.29) is 11.9 Å². The molecule has 1 aromatic carbocycles. The van der Waals surface area contributed by atoms with Crippen LogP contribution in [0.1, 0.15) is 5.56 Å². The van der Waals surface area contributed by atoms with E-state index >= 15 is 0 Å². The summed E-state index contributed by atoms with van der Waals surface area (Å²) < 4.78 is 5.09. The van der Waals surface area contributed by atoms with E-state index in [1.54, 1.807) is 12.1 Å². The van der Waals surface area contributed by atoms with Crippen LogP contribution in [0.25, 0.3) is 0 Å². The zero-order chi connectivity index (χ0) is 9.26. The standard InChI is InChI=1S/C11H10O2/c1-8-2-6-10(7-3-8)13-11(12)9-4-5-9/h2-7,9H,1H3. The second-order valence-corrected chi connectivity index (χ2v) is 3.14. The molecule has 13 heavy (non-hydrogen) atoms. The Morgan fingerprint density at radius 3 is 2.38 bits per heavy atom. The van der Waals surface area contributed by atoms with Gasteiger partial charge in [0, 0.05) is 0 Å². The Hall–Kier alpha value is -1.57. The van der Waals surface area contributed by atoms with Gasteiger partial charge in [-0.25, -0.2) is 0 Å². The lowest BCUT2D eigenvalue weighted by Gasteiger charge is -2.02. The summed E-state index contributed by atoms with van der Waals surface area (Å²) in [6.45, 7) is 1.99. The number of aryl methyl sites for hydroxylation is 1. The van der Waals surface area contributed by atoms with Crippen LogP contribution in [0.15, 0.2) is 36.4 Å². The fourth-order valence-electron chi connectivity index (χ4n) is 1.00. The molecule has 66 valence electrons. The van der Waals surface area contributed by atoms with Gasteiger partial charge in [0.05, 0.1) is 5.92 Å². The minimum absolute atomic E-state index is 0.0821. The Balaban J connectivity index is 2.00. The molecule has 0 fully saturated rings. The Bertz CT molecular complexity index is 343. The lowest BCUT2D eigenvalue weighted by atomic mass is 10.2. The Morgan fingerprint density at radius 2 is 1.85 bits per heavy atom. The van der Waals surface area contributed by atoms with Crippen LogP contribution in [0.4, 0.5) is 0 Å². The summed E-state index contributed by atoms with van der Waals surface area (Å²) in [5, 5.41) is 0. The van der Waals surface area contributed by atoms with Crippen molar-refractivity contribution in [1.29, 1.82) is 0 Å². The molecule has 1 aromatic rings. The minimum atomic E-state index is -0.191. The average Bonchev–Trinajstić information content (AvgIpc) is 2.91. The van der Waals surface area contributed by atoms with Crippen LogP contribution in [-0.4, -0.2) is 5.97 Å². The molecule has 0 N–H and O–H groups in total. The molecule has 0 saturated heterocycles. The molecule has 0 bridgehead atoms. The van der Waals surface area contributed by atoms with Crippen molar-refractivity contribution in [2.24, 2.45) is 5.92 Å². The van der Waals surface area contributed by atoms with Gasteiger partial charge in [-0.3, -0.25) is 4.79 Å². The first-order valence-corrected chi connectivity index (χ1v) is 4.22. The van der Waals surface area contributed by atoms with Crippen molar-refractivity contribution in [1.82, 2.24) is 0 Å². The highest BCUT2D eigenvalue weighted by molar-refractivity contribution is 5.82. The van der Waals surface area contributed by atoms with Crippen LogP contribution in [-0.2, 0) is 4.79 Å². The molecule has 1 aliphatic rings. The number of carbonyl (C=O) groups is 1. The molecule has 2 heteroatoms. The Kier molecular flexibility index (Phi) is 1.89. The van der Waals surface area contributed by atoms with Crippen LogP contribution in [0.3, 0.4) is 0 Å². The molecule has 0 atom stereocenters. The van der Waals surface area contributed by atoms with Crippen molar-refractivity contribution in [3.8, 4) is 5.75 Å². The number of rotatable bonds is 2. The molecule has 2 rings (SSSR count). The fourth-order valence-corrected chi connectivity index (χ4v) is 1.00. The monoisotopic (exact) mass is 174 g/mol. The highest BCUT2D eigenvalue weighted by Gasteiger charge is 2.22. The normalized spacial score (nSPS) is 14.2. The molecular weight excluding hydrogens is 164 g/mol. The zero-order valence-corrected chi connectivity index (χ0v) is 7.36. The largest absolute Gasteiger partial charge is 0.426 e. The third kappa shape index (κ3) is 1.96. The summed E-state index contributed by atoms with van der Waals surface area (Å²) in [5.74, 6) is 0.342. The highest BCUT2D eigenvalue weighted by atomic mass is 16.5. The van der Waals surface area contributed by atoms with Gasteiger partial charge in [0.1, 0.15) is 5.75 Å². The molecule has 0 radical (unpaired) electrons. The molecular formula is C11H10O2. The Labute approximate surface area is 76.8 Å². The lowest BCUT2D eigenvalue weighted by Crippen LogP contribution is -2.10. The predicted molar refractivity (Wildman–Crippen MR) is 49.4 cm³/mol. The highest BCUT2D eigenvalue weighted by Crippen LogP contribution is 2.20. The van der Waals surface area contributed by atoms with E-state index in [4.69, 9.17) is 4.74 Å². The number of carbonyl (C=O) groups excluding carboxylic acids is 1. The van der Waals surface area contributed by atoms with Crippen molar-refractivity contribution in [2.75, 3.05) is 0 Å². The van der Waals surface area contributed by atoms with Crippen LogP contribution in [0.2, 0.25) is 0 Å². The van der Waals surface area contributed by atoms with Crippen LogP contribution in [0.5, 0.6) is 5.75 Å². The van der Waals surface area contributed by atoms with Gasteiger partial charge >= 0.3 is 5.97 Å². The van der Waals surface area contributed by atoms with Crippen molar-refractivity contribution >= 4 is 5.97 Å². The second kappa shape index (κ2) is 3.05. The summed E-state index contributed by atoms with van der Waals surface area (Å²) in [6.07, 6.45) is 3.63. The maximum Gasteiger partial charge on any atom is 0.322 e. The van der Waals surface area contributed by atoms with Crippen LogP contribution in [0, 0.1) is 12.8 Å². The second-order valence-electron chi connectivity index (χ2n) is 3.14. The van der Waals surface area contributed by atoms with Gasteiger partial charge < -0.3 is 4.74 Å². The molecule has 0 amide bonds. The molecule has 1 aliphatic carbocycles.